The van der Waals surface area contributed by atoms with Gasteiger partial charge in [-0.15, -0.1) is 11.3 Å². The molecule has 5 heteroatoms. The number of rotatable bonds is 4. The summed E-state index contributed by atoms with van der Waals surface area (Å²) in [4.78, 5) is 19.3. The number of nitrogens with zero attached hydrogens (tertiary/aromatic N) is 4. The second-order valence-corrected chi connectivity index (χ2v) is 11.0. The zero-order chi connectivity index (χ0) is 27.2. The summed E-state index contributed by atoms with van der Waals surface area (Å²) in [5.41, 5.74) is 5.32. The minimum Gasteiger partial charge on any atom is -0.264 e. The van der Waals surface area contributed by atoms with Crippen LogP contribution in [0.1, 0.15) is 0 Å². The fraction of sp³-hybridized carbons (Fsp3) is 0. The van der Waals surface area contributed by atoms with Gasteiger partial charge in [-0.3, -0.25) is 4.98 Å². The number of benzene rings is 5. The van der Waals surface area contributed by atoms with Gasteiger partial charge in [0.1, 0.15) is 0 Å². The second-order valence-electron chi connectivity index (χ2n) is 9.94. The Morgan fingerprint density at radius 1 is 0.488 bits per heavy atom. The summed E-state index contributed by atoms with van der Waals surface area (Å²) >= 11 is 1.81. The molecule has 0 bridgehead atoms. The van der Waals surface area contributed by atoms with Gasteiger partial charge in [-0.1, -0.05) is 103 Å². The van der Waals surface area contributed by atoms with Gasteiger partial charge in [-0.05, 0) is 34.7 Å². The summed E-state index contributed by atoms with van der Waals surface area (Å²) in [5, 5.41) is 4.69. The Bertz CT molecular complexity index is 2150. The molecular formula is C36H22N4S. The van der Waals surface area contributed by atoms with Gasteiger partial charge in [-0.25, -0.2) is 15.0 Å². The van der Waals surface area contributed by atoms with E-state index in [0.717, 1.165) is 22.1 Å². The van der Waals surface area contributed by atoms with Crippen LogP contribution in [0.4, 0.5) is 0 Å². The Labute approximate surface area is 240 Å². The first-order chi connectivity index (χ1) is 20.3. The lowest BCUT2D eigenvalue weighted by Gasteiger charge is -2.09. The van der Waals surface area contributed by atoms with E-state index in [0.29, 0.717) is 17.5 Å². The average Bonchev–Trinajstić information content (AvgIpc) is 3.44. The molecule has 0 N–H and O–H groups in total. The van der Waals surface area contributed by atoms with Crippen molar-refractivity contribution in [3.05, 3.63) is 134 Å². The predicted molar refractivity (Wildman–Crippen MR) is 170 cm³/mol. The largest absolute Gasteiger partial charge is 0.264 e. The van der Waals surface area contributed by atoms with Crippen LogP contribution in [0, 0.1) is 0 Å². The van der Waals surface area contributed by atoms with Gasteiger partial charge in [0.2, 0.25) is 0 Å². The lowest BCUT2D eigenvalue weighted by Crippen LogP contribution is -2.00. The molecule has 0 aliphatic rings. The van der Waals surface area contributed by atoms with E-state index in [-0.39, 0.29) is 0 Å². The van der Waals surface area contributed by atoms with E-state index in [4.69, 9.17) is 15.0 Å². The van der Waals surface area contributed by atoms with Crippen molar-refractivity contribution in [3.63, 3.8) is 0 Å². The maximum Gasteiger partial charge on any atom is 0.164 e. The lowest BCUT2D eigenvalue weighted by atomic mass is 9.99. The molecule has 0 amide bonds. The van der Waals surface area contributed by atoms with Crippen molar-refractivity contribution in [2.45, 2.75) is 0 Å². The fourth-order valence-corrected chi connectivity index (χ4v) is 6.71. The Balaban J connectivity index is 1.36. The zero-order valence-corrected chi connectivity index (χ0v) is 22.7. The molecule has 0 unspecified atom stereocenters. The maximum atomic E-state index is 5.03. The van der Waals surface area contributed by atoms with E-state index < -0.39 is 0 Å². The first-order valence-corrected chi connectivity index (χ1v) is 14.3. The number of fused-ring (bicyclic) bond motifs is 4. The first kappa shape index (κ1) is 23.6. The minimum atomic E-state index is 0.663. The van der Waals surface area contributed by atoms with Crippen molar-refractivity contribution in [3.8, 4) is 45.3 Å². The molecule has 3 heterocycles. The smallest absolute Gasteiger partial charge is 0.164 e. The van der Waals surface area contributed by atoms with Crippen LogP contribution in [0.15, 0.2) is 134 Å². The van der Waals surface area contributed by atoms with Crippen LogP contribution >= 0.6 is 11.3 Å². The third-order valence-corrected chi connectivity index (χ3v) is 8.62. The Hall–Kier alpha value is -5.26. The summed E-state index contributed by atoms with van der Waals surface area (Å²) in [7, 11) is 0. The number of hydrogen-bond acceptors (Lipinski definition) is 5. The average molecular weight is 543 g/mol. The molecule has 0 saturated carbocycles. The molecule has 0 saturated heterocycles. The monoisotopic (exact) mass is 542 g/mol. The van der Waals surface area contributed by atoms with Crippen LogP contribution in [-0.4, -0.2) is 19.9 Å². The molecule has 0 aliphatic heterocycles. The van der Waals surface area contributed by atoms with Gasteiger partial charge in [0, 0.05) is 54.6 Å². The highest BCUT2D eigenvalue weighted by molar-refractivity contribution is 7.26. The van der Waals surface area contributed by atoms with Crippen LogP contribution in [0.3, 0.4) is 0 Å². The molecule has 192 valence electrons. The van der Waals surface area contributed by atoms with Gasteiger partial charge in [-0.2, -0.15) is 0 Å². The van der Waals surface area contributed by atoms with Gasteiger partial charge in [0.25, 0.3) is 0 Å². The van der Waals surface area contributed by atoms with Gasteiger partial charge >= 0.3 is 0 Å². The maximum absolute atomic E-state index is 5.03. The van der Waals surface area contributed by atoms with Crippen LogP contribution < -0.4 is 0 Å². The molecule has 5 aromatic carbocycles. The van der Waals surface area contributed by atoms with Gasteiger partial charge < -0.3 is 0 Å². The fourth-order valence-electron chi connectivity index (χ4n) is 5.44. The SMILES string of the molecule is c1ccc(-c2nc(-c3ccccc3)nc(-c3cccc4sc5c(-c6ccc7ccncc7c6)cccc5c34)n2)cc1. The molecule has 41 heavy (non-hydrogen) atoms. The summed E-state index contributed by atoms with van der Waals surface area (Å²) in [6, 6.07) is 41.9. The molecule has 0 radical (unpaired) electrons. The highest BCUT2D eigenvalue weighted by Crippen LogP contribution is 2.43. The number of pyridine rings is 1. The highest BCUT2D eigenvalue weighted by Gasteiger charge is 2.18. The number of aromatic nitrogens is 4. The first-order valence-electron chi connectivity index (χ1n) is 13.5. The standard InChI is InChI=1S/C36H22N4S/c1-3-9-24(10-4-1)34-38-35(25-11-5-2-6-12-25)40-36(39-34)30-15-8-16-31-32(30)29-14-7-13-28(33(29)41-31)26-18-17-23-19-20-37-22-27(23)21-26/h1-22H. The van der Waals surface area contributed by atoms with Crippen molar-refractivity contribution in [1.29, 1.82) is 0 Å². The summed E-state index contributed by atoms with van der Waals surface area (Å²) in [6.07, 6.45) is 3.77. The van der Waals surface area contributed by atoms with E-state index in [1.54, 1.807) is 0 Å². The van der Waals surface area contributed by atoms with E-state index in [1.807, 2.05) is 90.5 Å². The number of hydrogen-bond donors (Lipinski definition) is 0. The quantitative estimate of drug-likeness (QED) is 0.222. The van der Waals surface area contributed by atoms with Gasteiger partial charge in [0.15, 0.2) is 17.5 Å². The second kappa shape index (κ2) is 9.73. The molecule has 0 fully saturated rings. The summed E-state index contributed by atoms with van der Waals surface area (Å²) < 4.78 is 2.45. The Morgan fingerprint density at radius 3 is 1.93 bits per heavy atom. The van der Waals surface area contributed by atoms with E-state index >= 15 is 0 Å². The van der Waals surface area contributed by atoms with E-state index in [2.05, 4.69) is 59.6 Å². The van der Waals surface area contributed by atoms with Crippen molar-refractivity contribution in [1.82, 2.24) is 19.9 Å². The molecular weight excluding hydrogens is 520 g/mol. The van der Waals surface area contributed by atoms with E-state index in [1.165, 1.54) is 36.7 Å². The zero-order valence-electron chi connectivity index (χ0n) is 21.9. The van der Waals surface area contributed by atoms with Crippen molar-refractivity contribution < 1.29 is 0 Å². The molecule has 0 spiro atoms. The van der Waals surface area contributed by atoms with Crippen LogP contribution in [0.5, 0.6) is 0 Å². The normalized spacial score (nSPS) is 11.4. The molecule has 0 aliphatic carbocycles. The van der Waals surface area contributed by atoms with Crippen molar-refractivity contribution >= 4 is 42.3 Å². The molecule has 3 aromatic heterocycles. The molecule has 4 nitrogen and oxygen atoms in total. The molecule has 8 rings (SSSR count). The topological polar surface area (TPSA) is 51.6 Å². The van der Waals surface area contributed by atoms with Crippen LogP contribution in [-0.2, 0) is 0 Å². The number of thiophene rings is 1. The third kappa shape index (κ3) is 4.15. The highest BCUT2D eigenvalue weighted by atomic mass is 32.1. The Kier molecular flexibility index (Phi) is 5.61. The minimum absolute atomic E-state index is 0.663. The van der Waals surface area contributed by atoms with Crippen LogP contribution in [0.2, 0.25) is 0 Å². The van der Waals surface area contributed by atoms with E-state index in [9.17, 15) is 0 Å². The summed E-state index contributed by atoms with van der Waals surface area (Å²) in [5.74, 6) is 2.00. The van der Waals surface area contributed by atoms with Crippen molar-refractivity contribution in [2.75, 3.05) is 0 Å². The van der Waals surface area contributed by atoms with Crippen LogP contribution in [0.25, 0.3) is 76.2 Å². The van der Waals surface area contributed by atoms with Crippen molar-refractivity contribution in [2.24, 2.45) is 0 Å². The molecule has 0 atom stereocenters. The third-order valence-electron chi connectivity index (χ3n) is 7.41. The Morgan fingerprint density at radius 2 is 1.17 bits per heavy atom. The summed E-state index contributed by atoms with van der Waals surface area (Å²) in [6.45, 7) is 0. The lowest BCUT2D eigenvalue weighted by molar-refractivity contribution is 1.08. The van der Waals surface area contributed by atoms with Gasteiger partial charge in [0.05, 0.1) is 0 Å². The molecule has 8 aromatic rings. The predicted octanol–water partition coefficient (Wildman–Crippen LogP) is 9.46.